The number of carbonyl (C=O) groups excluding carboxylic acids is 1. The van der Waals surface area contributed by atoms with Gasteiger partial charge in [-0.25, -0.2) is 4.99 Å². The number of benzene rings is 2. The zero-order valence-electron chi connectivity index (χ0n) is 14.5. The predicted molar refractivity (Wildman–Crippen MR) is 99.1 cm³/mol. The molecule has 2 aromatic carbocycles. The average Bonchev–Trinajstić information content (AvgIpc) is 2.87. The van der Waals surface area contributed by atoms with Gasteiger partial charge in [-0.3, -0.25) is 14.6 Å². The summed E-state index contributed by atoms with van der Waals surface area (Å²) in [6, 6.07) is 15.8. The van der Waals surface area contributed by atoms with E-state index in [1.807, 2.05) is 60.4 Å². The van der Waals surface area contributed by atoms with Crippen molar-refractivity contribution < 1.29 is 4.79 Å². The SMILES string of the molecule is CCN(CC)CN1C(=O)C(=Nc2ccc(C)cc2)c2ccccc21. The normalized spacial score (nSPS) is 15.4. The molecule has 0 N–H and O–H groups in total. The fourth-order valence-corrected chi connectivity index (χ4v) is 2.88. The molecule has 0 bridgehead atoms. The topological polar surface area (TPSA) is 35.9 Å². The molecule has 0 atom stereocenters. The molecule has 0 unspecified atom stereocenters. The third-order valence-electron chi connectivity index (χ3n) is 4.41. The highest BCUT2D eigenvalue weighted by atomic mass is 16.2. The molecule has 2 aromatic rings. The van der Waals surface area contributed by atoms with E-state index in [1.165, 1.54) is 5.56 Å². The second-order valence-corrected chi connectivity index (χ2v) is 5.99. The Hall–Kier alpha value is -2.46. The second kappa shape index (κ2) is 6.97. The van der Waals surface area contributed by atoms with Gasteiger partial charge < -0.3 is 0 Å². The van der Waals surface area contributed by atoms with Crippen LogP contribution in [0.5, 0.6) is 0 Å². The van der Waals surface area contributed by atoms with Gasteiger partial charge in [0.2, 0.25) is 0 Å². The van der Waals surface area contributed by atoms with E-state index in [9.17, 15) is 4.79 Å². The maximum atomic E-state index is 13.0. The summed E-state index contributed by atoms with van der Waals surface area (Å²) in [4.78, 5) is 21.7. The lowest BCUT2D eigenvalue weighted by atomic mass is 10.1. The zero-order valence-corrected chi connectivity index (χ0v) is 14.5. The molecule has 0 saturated carbocycles. The Morgan fingerprint density at radius 3 is 2.33 bits per heavy atom. The molecule has 4 nitrogen and oxygen atoms in total. The van der Waals surface area contributed by atoms with Crippen LogP contribution >= 0.6 is 0 Å². The van der Waals surface area contributed by atoms with Crippen LogP contribution in [-0.4, -0.2) is 36.3 Å². The Balaban J connectivity index is 1.99. The summed E-state index contributed by atoms with van der Waals surface area (Å²) in [5, 5.41) is 0. The van der Waals surface area contributed by atoms with Crippen LogP contribution in [0.2, 0.25) is 0 Å². The lowest BCUT2D eigenvalue weighted by Crippen LogP contribution is -2.41. The van der Waals surface area contributed by atoms with E-state index >= 15 is 0 Å². The fourth-order valence-electron chi connectivity index (χ4n) is 2.88. The largest absolute Gasteiger partial charge is 0.293 e. The highest BCUT2D eigenvalue weighted by molar-refractivity contribution is 6.54. The smallest absolute Gasteiger partial charge is 0.278 e. The van der Waals surface area contributed by atoms with Crippen LogP contribution in [0.1, 0.15) is 25.0 Å². The summed E-state index contributed by atoms with van der Waals surface area (Å²) in [6.07, 6.45) is 0. The Kier molecular flexibility index (Phi) is 4.76. The van der Waals surface area contributed by atoms with Gasteiger partial charge in [0, 0.05) is 5.56 Å². The standard InChI is InChI=1S/C20H23N3O/c1-4-22(5-2)14-23-18-9-7-6-8-17(18)19(20(23)24)21-16-12-10-15(3)11-13-16/h6-13H,4-5,14H2,1-3H3. The predicted octanol–water partition coefficient (Wildman–Crippen LogP) is 3.76. The third-order valence-corrected chi connectivity index (χ3v) is 4.41. The maximum Gasteiger partial charge on any atom is 0.278 e. The molecule has 0 aliphatic carbocycles. The fraction of sp³-hybridized carbons (Fsp3) is 0.300. The second-order valence-electron chi connectivity index (χ2n) is 5.99. The van der Waals surface area contributed by atoms with Crippen LogP contribution in [-0.2, 0) is 4.79 Å². The molecule has 4 heteroatoms. The van der Waals surface area contributed by atoms with Crippen molar-refractivity contribution in [3.05, 3.63) is 59.7 Å². The van der Waals surface area contributed by atoms with Gasteiger partial charge in [-0.05, 0) is 38.2 Å². The number of amides is 1. The molecular formula is C20H23N3O. The molecule has 1 heterocycles. The van der Waals surface area contributed by atoms with Crippen molar-refractivity contribution in [1.82, 2.24) is 4.90 Å². The van der Waals surface area contributed by atoms with E-state index in [-0.39, 0.29) is 5.91 Å². The van der Waals surface area contributed by atoms with Crippen LogP contribution in [0.25, 0.3) is 0 Å². The lowest BCUT2D eigenvalue weighted by molar-refractivity contribution is -0.112. The van der Waals surface area contributed by atoms with E-state index < -0.39 is 0 Å². The number of carbonyl (C=O) groups is 1. The van der Waals surface area contributed by atoms with Crippen molar-refractivity contribution in [3.8, 4) is 0 Å². The van der Waals surface area contributed by atoms with Crippen molar-refractivity contribution in [1.29, 1.82) is 0 Å². The first-order valence-electron chi connectivity index (χ1n) is 8.43. The number of hydrogen-bond donors (Lipinski definition) is 0. The molecule has 0 spiro atoms. The number of rotatable bonds is 5. The lowest BCUT2D eigenvalue weighted by Gasteiger charge is -2.25. The summed E-state index contributed by atoms with van der Waals surface area (Å²) in [5.74, 6) is -0.0244. The number of anilines is 1. The molecule has 0 aromatic heterocycles. The quantitative estimate of drug-likeness (QED) is 0.840. The van der Waals surface area contributed by atoms with E-state index in [4.69, 9.17) is 0 Å². The van der Waals surface area contributed by atoms with Gasteiger partial charge in [-0.1, -0.05) is 49.7 Å². The van der Waals surface area contributed by atoms with Gasteiger partial charge >= 0.3 is 0 Å². The molecular weight excluding hydrogens is 298 g/mol. The van der Waals surface area contributed by atoms with Crippen LogP contribution in [0.3, 0.4) is 0 Å². The number of aliphatic imine (C=N–C) groups is 1. The molecule has 1 amide bonds. The van der Waals surface area contributed by atoms with Crippen LogP contribution < -0.4 is 4.90 Å². The highest BCUT2D eigenvalue weighted by Crippen LogP contribution is 2.30. The summed E-state index contributed by atoms with van der Waals surface area (Å²) in [6.45, 7) is 8.67. The minimum atomic E-state index is -0.0244. The Bertz CT molecular complexity index is 761. The first kappa shape index (κ1) is 16.4. The summed E-state index contributed by atoms with van der Waals surface area (Å²) >= 11 is 0. The van der Waals surface area contributed by atoms with Gasteiger partial charge in [0.25, 0.3) is 5.91 Å². The monoisotopic (exact) mass is 321 g/mol. The number of para-hydroxylation sites is 1. The van der Waals surface area contributed by atoms with Crippen molar-refractivity contribution >= 4 is 23.0 Å². The van der Waals surface area contributed by atoms with Gasteiger partial charge in [0.1, 0.15) is 5.71 Å². The Morgan fingerprint density at radius 1 is 1.00 bits per heavy atom. The van der Waals surface area contributed by atoms with Gasteiger partial charge in [0.15, 0.2) is 0 Å². The van der Waals surface area contributed by atoms with Crippen LogP contribution in [0.4, 0.5) is 11.4 Å². The van der Waals surface area contributed by atoms with Crippen molar-refractivity contribution in [3.63, 3.8) is 0 Å². The molecule has 0 fully saturated rings. The van der Waals surface area contributed by atoms with Crippen molar-refractivity contribution in [2.45, 2.75) is 20.8 Å². The van der Waals surface area contributed by atoms with E-state index in [0.717, 1.165) is 30.0 Å². The molecule has 0 radical (unpaired) electrons. The van der Waals surface area contributed by atoms with E-state index in [0.29, 0.717) is 12.4 Å². The number of hydrogen-bond acceptors (Lipinski definition) is 3. The molecule has 1 aliphatic heterocycles. The van der Waals surface area contributed by atoms with Crippen LogP contribution in [0.15, 0.2) is 53.5 Å². The van der Waals surface area contributed by atoms with Crippen molar-refractivity contribution in [2.24, 2.45) is 4.99 Å². The number of nitrogens with zero attached hydrogens (tertiary/aromatic N) is 3. The maximum absolute atomic E-state index is 13.0. The average molecular weight is 321 g/mol. The molecule has 3 rings (SSSR count). The molecule has 1 aliphatic rings. The van der Waals surface area contributed by atoms with Crippen LogP contribution in [0, 0.1) is 6.92 Å². The minimum absolute atomic E-state index is 0.0244. The molecule has 0 saturated heterocycles. The van der Waals surface area contributed by atoms with Gasteiger partial charge in [0.05, 0.1) is 18.0 Å². The van der Waals surface area contributed by atoms with Gasteiger partial charge in [-0.2, -0.15) is 0 Å². The van der Waals surface area contributed by atoms with Gasteiger partial charge in [-0.15, -0.1) is 0 Å². The van der Waals surface area contributed by atoms with E-state index in [1.54, 1.807) is 0 Å². The van der Waals surface area contributed by atoms with E-state index in [2.05, 4.69) is 23.7 Å². The zero-order chi connectivity index (χ0) is 17.1. The number of fused-ring (bicyclic) bond motifs is 1. The first-order valence-corrected chi connectivity index (χ1v) is 8.43. The summed E-state index contributed by atoms with van der Waals surface area (Å²) in [5.41, 5.74) is 4.38. The Labute approximate surface area is 143 Å². The molecule has 124 valence electrons. The number of aryl methyl sites for hydroxylation is 1. The summed E-state index contributed by atoms with van der Waals surface area (Å²) in [7, 11) is 0. The summed E-state index contributed by atoms with van der Waals surface area (Å²) < 4.78 is 0. The Morgan fingerprint density at radius 2 is 1.67 bits per heavy atom. The first-order chi connectivity index (χ1) is 11.6. The third kappa shape index (κ3) is 3.10. The van der Waals surface area contributed by atoms with Crippen molar-refractivity contribution in [2.75, 3.05) is 24.7 Å². The highest BCUT2D eigenvalue weighted by Gasteiger charge is 2.34. The minimum Gasteiger partial charge on any atom is -0.293 e. The molecule has 24 heavy (non-hydrogen) atoms.